The minimum Gasteiger partial charge on any atom is -0.376 e. The molecule has 0 aromatic carbocycles. The van der Waals surface area contributed by atoms with E-state index >= 15 is 0 Å². The van der Waals surface area contributed by atoms with Crippen LogP contribution in [0.2, 0.25) is 0 Å². The summed E-state index contributed by atoms with van der Waals surface area (Å²) in [5.74, 6) is 0.0689. The highest BCUT2D eigenvalue weighted by molar-refractivity contribution is 5.79. The molecule has 2 N–H and O–H groups in total. The van der Waals surface area contributed by atoms with E-state index in [4.69, 9.17) is 4.74 Å². The number of carbonyl (C=O) groups excluding carboxylic acids is 2. The van der Waals surface area contributed by atoms with Crippen LogP contribution >= 0.6 is 0 Å². The molecule has 1 aromatic rings. The Morgan fingerprint density at radius 1 is 1.40 bits per heavy atom. The van der Waals surface area contributed by atoms with Crippen LogP contribution in [0.15, 0.2) is 0 Å². The van der Waals surface area contributed by atoms with Gasteiger partial charge >= 0.3 is 0 Å². The first-order valence-corrected chi connectivity index (χ1v) is 9.15. The highest BCUT2D eigenvalue weighted by atomic mass is 16.5. The van der Waals surface area contributed by atoms with Gasteiger partial charge in [-0.2, -0.15) is 5.10 Å². The van der Waals surface area contributed by atoms with Gasteiger partial charge < -0.3 is 15.4 Å². The van der Waals surface area contributed by atoms with Gasteiger partial charge in [0.05, 0.1) is 23.9 Å². The van der Waals surface area contributed by atoms with Crippen molar-refractivity contribution >= 4 is 11.8 Å². The molecule has 2 aliphatic heterocycles. The maximum absolute atomic E-state index is 12.5. The molecule has 7 nitrogen and oxygen atoms in total. The highest BCUT2D eigenvalue weighted by Crippen LogP contribution is 2.23. The fourth-order valence-electron chi connectivity index (χ4n) is 3.92. The normalized spacial score (nSPS) is 26.5. The number of aromatic nitrogens is 2. The molecule has 1 aromatic heterocycles. The molecule has 0 spiro atoms. The third-order valence-electron chi connectivity index (χ3n) is 5.42. The van der Waals surface area contributed by atoms with Crippen molar-refractivity contribution < 1.29 is 14.3 Å². The van der Waals surface area contributed by atoms with E-state index in [0.29, 0.717) is 25.7 Å². The first-order valence-electron chi connectivity index (χ1n) is 9.15. The molecule has 0 aliphatic carbocycles. The standard InChI is InChI=1S/C18H28N4O3/c1-11-13(12(2)22(3)21-11)6-8-16(23)19-14-7-9-17(24)20-18(14)15-5-4-10-25-15/h14-15,18H,4-10H2,1-3H3,(H,19,23)(H,20,24)/t14-,15?,18-/m0/s1. The van der Waals surface area contributed by atoms with E-state index in [2.05, 4.69) is 15.7 Å². The molecule has 7 heteroatoms. The Kier molecular flexibility index (Phi) is 5.42. The van der Waals surface area contributed by atoms with Gasteiger partial charge in [0.15, 0.2) is 0 Å². The average molecular weight is 348 g/mol. The van der Waals surface area contributed by atoms with Crippen LogP contribution in [0.5, 0.6) is 0 Å². The maximum Gasteiger partial charge on any atom is 0.220 e. The molecule has 0 radical (unpaired) electrons. The van der Waals surface area contributed by atoms with Crippen LogP contribution < -0.4 is 10.6 Å². The molecular formula is C18H28N4O3. The second-order valence-corrected chi connectivity index (χ2v) is 7.13. The summed E-state index contributed by atoms with van der Waals surface area (Å²) in [5.41, 5.74) is 3.23. The average Bonchev–Trinajstić information content (AvgIpc) is 3.17. The monoisotopic (exact) mass is 348 g/mol. The lowest BCUT2D eigenvalue weighted by Gasteiger charge is -2.36. The summed E-state index contributed by atoms with van der Waals surface area (Å²) in [6.45, 7) is 4.74. The Bertz CT molecular complexity index is 649. The van der Waals surface area contributed by atoms with Crippen molar-refractivity contribution in [1.82, 2.24) is 20.4 Å². The number of piperidine rings is 1. The maximum atomic E-state index is 12.5. The van der Waals surface area contributed by atoms with Crippen molar-refractivity contribution in [3.05, 3.63) is 17.0 Å². The number of amides is 2. The fourth-order valence-corrected chi connectivity index (χ4v) is 3.92. The minimum atomic E-state index is -0.116. The minimum absolute atomic E-state index is 0.0114. The first-order chi connectivity index (χ1) is 12.0. The summed E-state index contributed by atoms with van der Waals surface area (Å²) in [5, 5.41) is 10.5. The van der Waals surface area contributed by atoms with Crippen molar-refractivity contribution in [2.24, 2.45) is 7.05 Å². The number of carbonyl (C=O) groups is 2. The van der Waals surface area contributed by atoms with Gasteiger partial charge in [0, 0.05) is 32.2 Å². The van der Waals surface area contributed by atoms with Gasteiger partial charge in [-0.15, -0.1) is 0 Å². The van der Waals surface area contributed by atoms with Crippen molar-refractivity contribution in [3.8, 4) is 0 Å². The molecule has 2 fully saturated rings. The van der Waals surface area contributed by atoms with Crippen LogP contribution in [-0.4, -0.2) is 46.4 Å². The summed E-state index contributed by atoms with van der Waals surface area (Å²) < 4.78 is 7.59. The molecular weight excluding hydrogens is 320 g/mol. The summed E-state index contributed by atoms with van der Waals surface area (Å²) in [7, 11) is 1.92. The summed E-state index contributed by atoms with van der Waals surface area (Å²) in [4.78, 5) is 24.2. The third-order valence-corrected chi connectivity index (χ3v) is 5.42. The molecule has 1 unspecified atom stereocenters. The summed E-state index contributed by atoms with van der Waals surface area (Å²) in [6, 6.07) is -0.168. The molecule has 2 aliphatic rings. The number of ether oxygens (including phenoxy) is 1. The Hall–Kier alpha value is -1.89. The van der Waals surface area contributed by atoms with Crippen molar-refractivity contribution in [2.45, 2.75) is 70.6 Å². The second kappa shape index (κ2) is 7.56. The molecule has 3 atom stereocenters. The van der Waals surface area contributed by atoms with E-state index in [1.54, 1.807) is 0 Å². The molecule has 25 heavy (non-hydrogen) atoms. The number of hydrogen-bond donors (Lipinski definition) is 2. The zero-order valence-corrected chi connectivity index (χ0v) is 15.3. The van der Waals surface area contributed by atoms with E-state index in [1.807, 2.05) is 25.6 Å². The Morgan fingerprint density at radius 2 is 2.20 bits per heavy atom. The number of aryl methyl sites for hydroxylation is 2. The molecule has 2 amide bonds. The Labute approximate surface area is 148 Å². The van der Waals surface area contributed by atoms with Crippen LogP contribution in [-0.2, 0) is 27.8 Å². The predicted molar refractivity (Wildman–Crippen MR) is 93.1 cm³/mol. The SMILES string of the molecule is Cc1nn(C)c(C)c1CCC(=O)N[C@H]1CCC(=O)N[C@@H]1C1CCCO1. The van der Waals surface area contributed by atoms with Gasteiger partial charge in [-0.05, 0) is 45.1 Å². The van der Waals surface area contributed by atoms with E-state index in [0.717, 1.165) is 36.4 Å². The van der Waals surface area contributed by atoms with Gasteiger partial charge in [0.2, 0.25) is 11.8 Å². The van der Waals surface area contributed by atoms with E-state index in [-0.39, 0.29) is 30.0 Å². The number of rotatable bonds is 5. The molecule has 2 saturated heterocycles. The Morgan fingerprint density at radius 3 is 2.84 bits per heavy atom. The molecule has 138 valence electrons. The van der Waals surface area contributed by atoms with Crippen molar-refractivity contribution in [1.29, 1.82) is 0 Å². The first kappa shape index (κ1) is 17.9. The number of hydrogen-bond acceptors (Lipinski definition) is 4. The van der Waals surface area contributed by atoms with Crippen LogP contribution in [0, 0.1) is 13.8 Å². The summed E-state index contributed by atoms with van der Waals surface area (Å²) >= 11 is 0. The van der Waals surface area contributed by atoms with Gasteiger partial charge in [-0.3, -0.25) is 14.3 Å². The molecule has 0 bridgehead atoms. The largest absolute Gasteiger partial charge is 0.376 e. The van der Waals surface area contributed by atoms with Crippen LogP contribution in [0.25, 0.3) is 0 Å². The lowest BCUT2D eigenvalue weighted by molar-refractivity contribution is -0.128. The van der Waals surface area contributed by atoms with Crippen LogP contribution in [0.1, 0.15) is 49.1 Å². The number of nitrogens with one attached hydrogen (secondary N) is 2. The van der Waals surface area contributed by atoms with Crippen molar-refractivity contribution in [2.75, 3.05) is 6.61 Å². The topological polar surface area (TPSA) is 85.2 Å². The van der Waals surface area contributed by atoms with E-state index in [1.165, 1.54) is 0 Å². The summed E-state index contributed by atoms with van der Waals surface area (Å²) in [6.07, 6.45) is 4.19. The van der Waals surface area contributed by atoms with Gasteiger partial charge in [0.25, 0.3) is 0 Å². The molecule has 0 saturated carbocycles. The quantitative estimate of drug-likeness (QED) is 0.828. The van der Waals surface area contributed by atoms with E-state index < -0.39 is 0 Å². The predicted octanol–water partition coefficient (Wildman–Crippen LogP) is 0.912. The zero-order valence-electron chi connectivity index (χ0n) is 15.3. The molecule has 3 heterocycles. The Balaban J connectivity index is 1.57. The lowest BCUT2D eigenvalue weighted by Crippen LogP contribution is -2.60. The zero-order chi connectivity index (χ0) is 18.0. The number of nitrogens with zero attached hydrogens (tertiary/aromatic N) is 2. The fraction of sp³-hybridized carbons (Fsp3) is 0.722. The van der Waals surface area contributed by atoms with Crippen LogP contribution in [0.3, 0.4) is 0 Å². The van der Waals surface area contributed by atoms with Gasteiger partial charge in [0.1, 0.15) is 0 Å². The van der Waals surface area contributed by atoms with Gasteiger partial charge in [-0.1, -0.05) is 0 Å². The molecule has 3 rings (SSSR count). The third kappa shape index (κ3) is 4.03. The van der Waals surface area contributed by atoms with Gasteiger partial charge in [-0.25, -0.2) is 0 Å². The van der Waals surface area contributed by atoms with Crippen molar-refractivity contribution in [3.63, 3.8) is 0 Å². The van der Waals surface area contributed by atoms with E-state index in [9.17, 15) is 9.59 Å². The lowest BCUT2D eigenvalue weighted by atomic mass is 9.92. The van der Waals surface area contributed by atoms with Crippen LogP contribution in [0.4, 0.5) is 0 Å². The highest BCUT2D eigenvalue weighted by Gasteiger charge is 2.37. The second-order valence-electron chi connectivity index (χ2n) is 7.13. The smallest absolute Gasteiger partial charge is 0.220 e.